The van der Waals surface area contributed by atoms with Crippen LogP contribution in [0.25, 0.3) is 0 Å². The molecular weight excluding hydrogens is 532 g/mol. The number of nitrogens with one attached hydrogen (secondary N) is 2. The number of nitrogens with zero attached hydrogens (tertiary/aromatic N) is 2. The fraction of sp³-hybridized carbons (Fsp3) is 0.474. The minimum Gasteiger partial charge on any atom is -0.406 e. The average Bonchev–Trinajstić information content (AvgIpc) is 3.12. The summed E-state index contributed by atoms with van der Waals surface area (Å²) in [5, 5.41) is 19.3. The van der Waals surface area contributed by atoms with E-state index in [4.69, 9.17) is 0 Å². The quantitative estimate of drug-likeness (QED) is 0.252. The summed E-state index contributed by atoms with van der Waals surface area (Å²) in [4.78, 5) is 9.00. The van der Waals surface area contributed by atoms with Crippen molar-refractivity contribution in [3.63, 3.8) is 0 Å². The second-order valence-electron chi connectivity index (χ2n) is 6.53. The molecule has 0 spiro atoms. The van der Waals surface area contributed by atoms with Gasteiger partial charge in [-0.25, -0.2) is 9.98 Å². The molecule has 3 N–H and O–H groups in total. The zero-order chi connectivity index (χ0) is 21.4. The van der Waals surface area contributed by atoms with Gasteiger partial charge in [-0.2, -0.15) is 0 Å². The summed E-state index contributed by atoms with van der Waals surface area (Å²) >= 11 is 1.55. The molecule has 0 saturated carbocycles. The van der Waals surface area contributed by atoms with Crippen LogP contribution in [0.1, 0.15) is 49.1 Å². The Labute approximate surface area is 195 Å². The Morgan fingerprint density at radius 1 is 1.23 bits per heavy atom. The molecule has 1 unspecified atom stereocenters. The number of ether oxygens (including phenoxy) is 1. The van der Waals surface area contributed by atoms with Crippen LogP contribution in [0.3, 0.4) is 0 Å². The average molecular weight is 558 g/mol. The molecule has 0 aliphatic rings. The standard InChI is InChI=1S/C19H25F3N4O2S.HI/c1-4-23-18(25-10-17-26-15(11-29-17)12(2)3)24-9-16(27)13-5-7-14(8-6-13)28-19(20,21)22;/h5-8,11-12,16,27H,4,9-10H2,1-3H3,(H2,23,24,25);1H. The molecule has 1 aromatic heterocycles. The van der Waals surface area contributed by atoms with Crippen LogP contribution < -0.4 is 15.4 Å². The van der Waals surface area contributed by atoms with Crippen LogP contribution in [0, 0.1) is 0 Å². The zero-order valence-electron chi connectivity index (χ0n) is 16.9. The maximum atomic E-state index is 12.2. The topological polar surface area (TPSA) is 78.8 Å². The number of aliphatic imine (C=N–C) groups is 1. The Morgan fingerprint density at radius 2 is 1.90 bits per heavy atom. The predicted octanol–water partition coefficient (Wildman–Crippen LogP) is 4.57. The van der Waals surface area contributed by atoms with Gasteiger partial charge in [0.05, 0.1) is 18.3 Å². The predicted molar refractivity (Wildman–Crippen MR) is 123 cm³/mol. The molecule has 0 saturated heterocycles. The maximum Gasteiger partial charge on any atom is 0.573 e. The van der Waals surface area contributed by atoms with E-state index in [0.717, 1.165) is 10.7 Å². The van der Waals surface area contributed by atoms with Gasteiger partial charge in [-0.05, 0) is 30.5 Å². The molecule has 2 rings (SSSR count). The van der Waals surface area contributed by atoms with Crippen LogP contribution in [-0.4, -0.2) is 35.5 Å². The highest BCUT2D eigenvalue weighted by Crippen LogP contribution is 2.24. The van der Waals surface area contributed by atoms with Gasteiger partial charge in [-0.1, -0.05) is 26.0 Å². The summed E-state index contributed by atoms with van der Waals surface area (Å²) in [5.41, 5.74) is 1.50. The fourth-order valence-corrected chi connectivity index (χ4v) is 3.23. The van der Waals surface area contributed by atoms with Crippen molar-refractivity contribution in [2.75, 3.05) is 13.1 Å². The second-order valence-corrected chi connectivity index (χ2v) is 7.47. The number of rotatable bonds is 8. The molecule has 0 amide bonds. The molecule has 0 bridgehead atoms. The van der Waals surface area contributed by atoms with E-state index >= 15 is 0 Å². The molecule has 6 nitrogen and oxygen atoms in total. The van der Waals surface area contributed by atoms with Gasteiger partial charge in [0.2, 0.25) is 0 Å². The Kier molecular flexibility index (Phi) is 10.8. The number of halogens is 4. The van der Waals surface area contributed by atoms with Crippen molar-refractivity contribution in [1.29, 1.82) is 0 Å². The number of benzene rings is 1. The van der Waals surface area contributed by atoms with Gasteiger partial charge in [0.1, 0.15) is 10.8 Å². The number of thiazole rings is 1. The van der Waals surface area contributed by atoms with E-state index in [2.05, 4.69) is 39.2 Å². The van der Waals surface area contributed by atoms with Crippen molar-refractivity contribution in [3.8, 4) is 5.75 Å². The van der Waals surface area contributed by atoms with Crippen molar-refractivity contribution in [2.45, 2.75) is 45.7 Å². The highest BCUT2D eigenvalue weighted by atomic mass is 127. The second kappa shape index (κ2) is 12.3. The lowest BCUT2D eigenvalue weighted by Gasteiger charge is -2.16. The Hall–Kier alpha value is -1.60. The fourth-order valence-electron chi connectivity index (χ4n) is 2.35. The van der Waals surface area contributed by atoms with Crippen LogP contribution in [0.2, 0.25) is 0 Å². The summed E-state index contributed by atoms with van der Waals surface area (Å²) in [6.45, 7) is 7.27. The number of aliphatic hydroxyl groups excluding tert-OH is 1. The van der Waals surface area contributed by atoms with Gasteiger partial charge in [0, 0.05) is 18.5 Å². The van der Waals surface area contributed by atoms with E-state index in [1.54, 1.807) is 11.3 Å². The van der Waals surface area contributed by atoms with E-state index in [1.165, 1.54) is 24.3 Å². The third kappa shape index (κ3) is 9.04. The molecule has 0 aliphatic carbocycles. The third-order valence-corrected chi connectivity index (χ3v) is 4.69. The minimum absolute atomic E-state index is 0. The maximum absolute atomic E-state index is 12.2. The van der Waals surface area contributed by atoms with E-state index < -0.39 is 12.5 Å². The lowest BCUT2D eigenvalue weighted by molar-refractivity contribution is -0.274. The van der Waals surface area contributed by atoms with E-state index in [-0.39, 0.29) is 36.3 Å². The molecule has 30 heavy (non-hydrogen) atoms. The Bertz CT molecular complexity index is 798. The van der Waals surface area contributed by atoms with Crippen LogP contribution in [0.15, 0.2) is 34.6 Å². The van der Waals surface area contributed by atoms with Crippen LogP contribution in [-0.2, 0) is 6.54 Å². The van der Waals surface area contributed by atoms with Crippen LogP contribution in [0.4, 0.5) is 13.2 Å². The summed E-state index contributed by atoms with van der Waals surface area (Å²) in [5.74, 6) is 0.545. The molecule has 0 aliphatic heterocycles. The van der Waals surface area contributed by atoms with Crippen LogP contribution >= 0.6 is 35.3 Å². The smallest absolute Gasteiger partial charge is 0.406 e. The number of alkyl halides is 3. The molecule has 1 aromatic carbocycles. The molecule has 1 atom stereocenters. The summed E-state index contributed by atoms with van der Waals surface area (Å²) in [6, 6.07) is 5.11. The largest absolute Gasteiger partial charge is 0.573 e. The highest BCUT2D eigenvalue weighted by Gasteiger charge is 2.31. The number of hydrogen-bond donors (Lipinski definition) is 3. The van der Waals surface area contributed by atoms with E-state index in [1.807, 2.05) is 12.3 Å². The Balaban J connectivity index is 0.00000450. The number of aliphatic hydroxyl groups is 1. The first-order valence-electron chi connectivity index (χ1n) is 9.18. The van der Waals surface area contributed by atoms with E-state index in [9.17, 15) is 18.3 Å². The molecule has 0 fully saturated rings. The third-order valence-electron chi connectivity index (χ3n) is 3.84. The van der Waals surface area contributed by atoms with Gasteiger partial charge in [0.25, 0.3) is 0 Å². The monoisotopic (exact) mass is 558 g/mol. The van der Waals surface area contributed by atoms with Crippen molar-refractivity contribution in [3.05, 3.63) is 45.9 Å². The summed E-state index contributed by atoms with van der Waals surface area (Å²) in [6.07, 6.45) is -5.67. The van der Waals surface area contributed by atoms with Gasteiger partial charge in [-0.3, -0.25) is 0 Å². The highest BCUT2D eigenvalue weighted by molar-refractivity contribution is 14.0. The number of aromatic nitrogens is 1. The van der Waals surface area contributed by atoms with Crippen molar-refractivity contribution in [1.82, 2.24) is 15.6 Å². The van der Waals surface area contributed by atoms with Gasteiger partial charge < -0.3 is 20.5 Å². The number of hydrogen-bond acceptors (Lipinski definition) is 5. The van der Waals surface area contributed by atoms with Crippen molar-refractivity contribution < 1.29 is 23.0 Å². The van der Waals surface area contributed by atoms with E-state index in [0.29, 0.717) is 30.5 Å². The normalized spacial score (nSPS) is 13.0. The van der Waals surface area contributed by atoms with Gasteiger partial charge in [-0.15, -0.1) is 48.5 Å². The lowest BCUT2D eigenvalue weighted by atomic mass is 10.1. The SMILES string of the molecule is CCNC(=NCc1nc(C(C)C)cs1)NCC(O)c1ccc(OC(F)(F)F)cc1.I. The van der Waals surface area contributed by atoms with Gasteiger partial charge in [0.15, 0.2) is 5.96 Å². The first-order valence-corrected chi connectivity index (χ1v) is 10.1. The summed E-state index contributed by atoms with van der Waals surface area (Å²) < 4.78 is 40.5. The first-order chi connectivity index (χ1) is 13.7. The zero-order valence-corrected chi connectivity index (χ0v) is 20.0. The first kappa shape index (κ1) is 26.4. The molecule has 11 heteroatoms. The molecule has 168 valence electrons. The molecular formula is C19H26F3IN4O2S. The lowest BCUT2D eigenvalue weighted by Crippen LogP contribution is -2.39. The van der Waals surface area contributed by atoms with Crippen LogP contribution in [0.5, 0.6) is 5.75 Å². The van der Waals surface area contributed by atoms with Crippen molar-refractivity contribution >= 4 is 41.3 Å². The Morgan fingerprint density at radius 3 is 2.43 bits per heavy atom. The molecule has 1 heterocycles. The molecule has 0 radical (unpaired) electrons. The van der Waals surface area contributed by atoms with Crippen molar-refractivity contribution in [2.24, 2.45) is 4.99 Å². The number of guanidine groups is 1. The minimum atomic E-state index is -4.74. The summed E-state index contributed by atoms with van der Waals surface area (Å²) in [7, 11) is 0. The van der Waals surface area contributed by atoms with Gasteiger partial charge >= 0.3 is 6.36 Å². The molecule has 2 aromatic rings.